The highest BCUT2D eigenvalue weighted by Crippen LogP contribution is 2.24. The van der Waals surface area contributed by atoms with Gasteiger partial charge in [0.1, 0.15) is 0 Å². The summed E-state index contributed by atoms with van der Waals surface area (Å²) < 4.78 is 27.1. The van der Waals surface area contributed by atoms with Gasteiger partial charge in [-0.15, -0.1) is 0 Å². The van der Waals surface area contributed by atoms with Gasteiger partial charge in [0.05, 0.1) is 11.4 Å². The van der Waals surface area contributed by atoms with Gasteiger partial charge in [0.15, 0.2) is 5.15 Å². The van der Waals surface area contributed by atoms with Crippen molar-refractivity contribution in [3.63, 3.8) is 0 Å². The fraction of sp³-hybridized carbons (Fsp3) is 0.167. The summed E-state index contributed by atoms with van der Waals surface area (Å²) in [5, 5.41) is 0.112. The van der Waals surface area contributed by atoms with Gasteiger partial charge < -0.3 is 0 Å². The largest absolute Gasteiger partial charge is 0.280 e. The number of halogens is 2. The monoisotopic (exact) mass is 375 g/mol. The zero-order valence-electron chi connectivity index (χ0n) is 10.3. The quantitative estimate of drug-likeness (QED) is 0.815. The molecule has 5 nitrogen and oxygen atoms in total. The van der Waals surface area contributed by atoms with Crippen LogP contribution in [0.4, 0.5) is 5.69 Å². The lowest BCUT2D eigenvalue weighted by molar-refractivity contribution is 0.600. The second kappa shape index (κ2) is 6.51. The number of hydrogen-bond acceptors (Lipinski definition) is 4. The summed E-state index contributed by atoms with van der Waals surface area (Å²) in [6.07, 6.45) is 5.16. The summed E-state index contributed by atoms with van der Waals surface area (Å²) in [5.74, 6) is -0.0418. The highest BCUT2D eigenvalue weighted by Gasteiger charge is 2.13. The van der Waals surface area contributed by atoms with E-state index in [1.165, 1.54) is 6.20 Å². The molecule has 0 radical (unpaired) electrons. The first-order valence-corrected chi connectivity index (χ1v) is 8.49. The molecule has 0 atom stereocenters. The first kappa shape index (κ1) is 15.2. The van der Waals surface area contributed by atoms with E-state index in [4.69, 9.17) is 11.6 Å². The molecule has 20 heavy (non-hydrogen) atoms. The molecule has 0 spiro atoms. The van der Waals surface area contributed by atoms with Crippen LogP contribution in [0.1, 0.15) is 5.56 Å². The van der Waals surface area contributed by atoms with Crippen LogP contribution in [0.3, 0.4) is 0 Å². The molecular formula is C12H11BrClN3O2S. The van der Waals surface area contributed by atoms with E-state index in [0.29, 0.717) is 10.9 Å². The molecule has 106 valence electrons. The Morgan fingerprint density at radius 3 is 2.70 bits per heavy atom. The number of pyridine rings is 2. The molecule has 2 aromatic rings. The van der Waals surface area contributed by atoms with Crippen molar-refractivity contribution in [2.45, 2.75) is 6.42 Å². The Labute approximate surface area is 130 Å². The van der Waals surface area contributed by atoms with Crippen molar-refractivity contribution in [1.82, 2.24) is 9.97 Å². The number of hydrogen-bond donors (Lipinski definition) is 1. The smallest absolute Gasteiger partial charge is 0.233 e. The Morgan fingerprint density at radius 2 is 2.00 bits per heavy atom. The van der Waals surface area contributed by atoms with E-state index in [0.717, 1.165) is 5.56 Å². The molecule has 0 fully saturated rings. The lowest BCUT2D eigenvalue weighted by atomic mass is 10.2. The highest BCUT2D eigenvalue weighted by atomic mass is 79.9. The molecule has 8 heteroatoms. The summed E-state index contributed by atoms with van der Waals surface area (Å²) in [6, 6.07) is 5.13. The van der Waals surface area contributed by atoms with Gasteiger partial charge in [-0.05, 0) is 46.1 Å². The predicted molar refractivity (Wildman–Crippen MR) is 82.3 cm³/mol. The summed E-state index contributed by atoms with van der Waals surface area (Å²) in [7, 11) is -3.49. The van der Waals surface area contributed by atoms with Crippen molar-refractivity contribution in [1.29, 1.82) is 0 Å². The third-order valence-electron chi connectivity index (χ3n) is 2.48. The lowest BCUT2D eigenvalue weighted by Gasteiger charge is -2.09. The standard InChI is InChI=1S/C12H11BrClN3O2S/c13-10-7-11(12(14)16-8-10)17-20(18,19)6-3-9-1-4-15-5-2-9/h1-2,4-5,7-8,17H,3,6H2. The fourth-order valence-corrected chi connectivity index (χ4v) is 3.15. The van der Waals surface area contributed by atoms with Crippen LogP contribution in [-0.4, -0.2) is 24.1 Å². The molecule has 2 aromatic heterocycles. The molecule has 1 N–H and O–H groups in total. The van der Waals surface area contributed by atoms with E-state index < -0.39 is 10.0 Å². The van der Waals surface area contributed by atoms with Crippen molar-refractivity contribution in [2.24, 2.45) is 0 Å². The number of rotatable bonds is 5. The van der Waals surface area contributed by atoms with Gasteiger partial charge in [-0.1, -0.05) is 11.6 Å². The zero-order valence-corrected chi connectivity index (χ0v) is 13.4. The van der Waals surface area contributed by atoms with Gasteiger partial charge in [0.2, 0.25) is 10.0 Å². The first-order chi connectivity index (χ1) is 9.46. The number of nitrogens with zero attached hydrogens (tertiary/aromatic N) is 2. The second-order valence-corrected chi connectivity index (χ2v) is 7.13. The van der Waals surface area contributed by atoms with Gasteiger partial charge in [-0.3, -0.25) is 9.71 Å². The van der Waals surface area contributed by atoms with Gasteiger partial charge in [-0.2, -0.15) is 0 Å². The van der Waals surface area contributed by atoms with E-state index >= 15 is 0 Å². The Balaban J connectivity index is 2.06. The van der Waals surface area contributed by atoms with Crippen molar-refractivity contribution in [3.05, 3.63) is 52.0 Å². The molecule has 2 heterocycles. The summed E-state index contributed by atoms with van der Waals surface area (Å²) >= 11 is 9.07. The third kappa shape index (κ3) is 4.43. The fourth-order valence-electron chi connectivity index (χ4n) is 1.51. The predicted octanol–water partition coefficient (Wildman–Crippen LogP) is 2.88. The zero-order chi connectivity index (χ0) is 14.6. The van der Waals surface area contributed by atoms with Crippen LogP contribution >= 0.6 is 27.5 Å². The summed E-state index contributed by atoms with van der Waals surface area (Å²) in [4.78, 5) is 7.75. The van der Waals surface area contributed by atoms with Crippen LogP contribution in [0.5, 0.6) is 0 Å². The first-order valence-electron chi connectivity index (χ1n) is 5.67. The summed E-state index contributed by atoms with van der Waals surface area (Å²) in [5.41, 5.74) is 1.17. The van der Waals surface area contributed by atoms with Gasteiger partial charge >= 0.3 is 0 Å². The van der Waals surface area contributed by atoms with Crippen molar-refractivity contribution >= 4 is 43.2 Å². The Morgan fingerprint density at radius 1 is 1.30 bits per heavy atom. The molecule has 0 unspecified atom stereocenters. The van der Waals surface area contributed by atoms with Crippen LogP contribution in [0.15, 0.2) is 41.3 Å². The Hall–Kier alpha value is -1.18. The van der Waals surface area contributed by atoms with Crippen LogP contribution < -0.4 is 4.72 Å². The molecule has 0 aliphatic rings. The molecule has 0 saturated heterocycles. The van der Waals surface area contributed by atoms with E-state index in [1.807, 2.05) is 0 Å². The van der Waals surface area contributed by atoms with Gasteiger partial charge in [-0.25, -0.2) is 13.4 Å². The second-order valence-electron chi connectivity index (χ2n) is 4.02. The van der Waals surface area contributed by atoms with Crippen LogP contribution in [0, 0.1) is 0 Å². The average Bonchev–Trinajstić information content (AvgIpc) is 2.42. The summed E-state index contributed by atoms with van der Waals surface area (Å²) in [6.45, 7) is 0. The molecule has 2 rings (SSSR count). The molecule has 0 bridgehead atoms. The molecular weight excluding hydrogens is 366 g/mol. The third-order valence-corrected chi connectivity index (χ3v) is 4.49. The minimum atomic E-state index is -3.49. The topological polar surface area (TPSA) is 72.0 Å². The maximum atomic E-state index is 12.0. The number of aryl methyl sites for hydroxylation is 1. The van der Waals surface area contributed by atoms with E-state index in [1.54, 1.807) is 30.6 Å². The van der Waals surface area contributed by atoms with Crippen molar-refractivity contribution in [2.75, 3.05) is 10.5 Å². The highest BCUT2D eigenvalue weighted by molar-refractivity contribution is 9.10. The van der Waals surface area contributed by atoms with Crippen LogP contribution in [0.25, 0.3) is 0 Å². The number of anilines is 1. The molecule has 0 aromatic carbocycles. The van der Waals surface area contributed by atoms with E-state index in [9.17, 15) is 8.42 Å². The van der Waals surface area contributed by atoms with Gasteiger partial charge in [0.25, 0.3) is 0 Å². The van der Waals surface area contributed by atoms with Gasteiger partial charge in [0, 0.05) is 23.1 Å². The van der Waals surface area contributed by atoms with Crippen molar-refractivity contribution < 1.29 is 8.42 Å². The number of nitrogens with one attached hydrogen (secondary N) is 1. The Bertz CT molecular complexity index is 695. The Kier molecular flexibility index (Phi) is 4.95. The average molecular weight is 377 g/mol. The minimum Gasteiger partial charge on any atom is -0.280 e. The maximum absolute atomic E-state index is 12.0. The molecule has 0 saturated carbocycles. The number of aromatic nitrogens is 2. The number of sulfonamides is 1. The maximum Gasteiger partial charge on any atom is 0.233 e. The van der Waals surface area contributed by atoms with Crippen LogP contribution in [-0.2, 0) is 16.4 Å². The van der Waals surface area contributed by atoms with Crippen molar-refractivity contribution in [3.8, 4) is 0 Å². The molecule has 0 aliphatic carbocycles. The molecule has 0 aliphatic heterocycles. The van der Waals surface area contributed by atoms with E-state index in [-0.39, 0.29) is 16.6 Å². The normalized spacial score (nSPS) is 11.3. The SMILES string of the molecule is O=S(=O)(CCc1ccncc1)Nc1cc(Br)cnc1Cl. The molecule has 0 amide bonds. The lowest BCUT2D eigenvalue weighted by Crippen LogP contribution is -2.18. The van der Waals surface area contributed by atoms with Crippen LogP contribution in [0.2, 0.25) is 5.15 Å². The van der Waals surface area contributed by atoms with E-state index in [2.05, 4.69) is 30.6 Å². The minimum absolute atomic E-state index is 0.0418.